The molecule has 22 heavy (non-hydrogen) atoms. The van der Waals surface area contributed by atoms with Crippen molar-refractivity contribution in [3.8, 4) is 5.69 Å². The summed E-state index contributed by atoms with van der Waals surface area (Å²) < 4.78 is 0. The Labute approximate surface area is 128 Å². The molecule has 0 spiro atoms. The number of benzene rings is 1. The highest BCUT2D eigenvalue weighted by atomic mass is 16.3. The molecule has 0 saturated heterocycles. The zero-order chi connectivity index (χ0) is 16.1. The van der Waals surface area contributed by atoms with Gasteiger partial charge in [-0.15, -0.1) is 10.2 Å². The first-order chi connectivity index (χ1) is 10.5. The number of amides is 1. The van der Waals surface area contributed by atoms with E-state index < -0.39 is 12.0 Å². The summed E-state index contributed by atoms with van der Waals surface area (Å²) in [6, 6.07) is 7.64. The molecule has 0 aliphatic carbocycles. The molecule has 0 aliphatic rings. The van der Waals surface area contributed by atoms with Crippen LogP contribution in [0.4, 0.5) is 0 Å². The van der Waals surface area contributed by atoms with Crippen molar-refractivity contribution < 1.29 is 15.0 Å². The predicted octanol–water partition coefficient (Wildman–Crippen LogP) is 0.433. The van der Waals surface area contributed by atoms with Crippen molar-refractivity contribution in [1.29, 1.82) is 0 Å². The van der Waals surface area contributed by atoms with Crippen LogP contribution in [0, 0.1) is 0 Å². The summed E-state index contributed by atoms with van der Waals surface area (Å²) in [5.74, 6) is -0.471. The van der Waals surface area contributed by atoms with Crippen LogP contribution < -0.4 is 5.32 Å². The molecule has 7 heteroatoms. The first-order valence-corrected chi connectivity index (χ1v) is 7.17. The summed E-state index contributed by atoms with van der Waals surface area (Å²) in [5, 5.41) is 29.4. The average molecular weight is 304 g/mol. The standard InChI is InChI=1S/C15H20N4O3/c1-3-11-4-6-12(7-5-11)19-17-13(9-20)14(18-19)15(22)16-8-10(2)21/h4-7,10,20-21H,3,8-9H2,1-2H3,(H,16,22). The van der Waals surface area contributed by atoms with Gasteiger partial charge < -0.3 is 15.5 Å². The molecule has 0 bridgehead atoms. The number of rotatable bonds is 6. The van der Waals surface area contributed by atoms with Crippen LogP contribution in [-0.2, 0) is 13.0 Å². The Morgan fingerprint density at radius 2 is 2.00 bits per heavy atom. The van der Waals surface area contributed by atoms with Gasteiger partial charge in [0.05, 0.1) is 18.4 Å². The lowest BCUT2D eigenvalue weighted by atomic mass is 10.2. The van der Waals surface area contributed by atoms with E-state index in [0.717, 1.165) is 6.42 Å². The number of nitrogens with one attached hydrogen (secondary N) is 1. The van der Waals surface area contributed by atoms with Gasteiger partial charge in [-0.05, 0) is 31.0 Å². The molecule has 0 aliphatic heterocycles. The molecule has 2 rings (SSSR count). The van der Waals surface area contributed by atoms with Gasteiger partial charge in [-0.25, -0.2) is 0 Å². The lowest BCUT2D eigenvalue weighted by molar-refractivity contribution is 0.0915. The number of aliphatic hydroxyl groups is 2. The molecule has 1 aromatic heterocycles. The van der Waals surface area contributed by atoms with Crippen LogP contribution >= 0.6 is 0 Å². The fourth-order valence-corrected chi connectivity index (χ4v) is 1.92. The van der Waals surface area contributed by atoms with E-state index in [0.29, 0.717) is 5.69 Å². The fourth-order valence-electron chi connectivity index (χ4n) is 1.92. The molecule has 1 atom stereocenters. The molecular formula is C15H20N4O3. The molecule has 0 radical (unpaired) electrons. The van der Waals surface area contributed by atoms with Crippen molar-refractivity contribution in [3.05, 3.63) is 41.2 Å². The molecule has 118 valence electrons. The highest BCUT2D eigenvalue weighted by Crippen LogP contribution is 2.11. The minimum absolute atomic E-state index is 0.0581. The van der Waals surface area contributed by atoms with Crippen molar-refractivity contribution in [2.75, 3.05) is 6.54 Å². The molecule has 2 aromatic rings. The fraction of sp³-hybridized carbons (Fsp3) is 0.400. The number of aryl methyl sites for hydroxylation is 1. The summed E-state index contributed by atoms with van der Waals surface area (Å²) in [6.45, 7) is 3.36. The lowest BCUT2D eigenvalue weighted by Gasteiger charge is -2.05. The van der Waals surface area contributed by atoms with Crippen molar-refractivity contribution >= 4 is 5.91 Å². The van der Waals surface area contributed by atoms with E-state index in [-0.39, 0.29) is 24.5 Å². The maximum Gasteiger partial charge on any atom is 0.273 e. The van der Waals surface area contributed by atoms with E-state index in [1.807, 2.05) is 24.3 Å². The second-order valence-corrected chi connectivity index (χ2v) is 5.02. The normalized spacial score (nSPS) is 12.2. The number of carbonyl (C=O) groups excluding carboxylic acids is 1. The van der Waals surface area contributed by atoms with E-state index in [9.17, 15) is 15.0 Å². The SMILES string of the molecule is CCc1ccc(-n2nc(CO)c(C(=O)NCC(C)O)n2)cc1. The first kappa shape index (κ1) is 16.1. The highest BCUT2D eigenvalue weighted by molar-refractivity contribution is 5.93. The largest absolute Gasteiger partial charge is 0.392 e. The van der Waals surface area contributed by atoms with E-state index >= 15 is 0 Å². The first-order valence-electron chi connectivity index (χ1n) is 7.17. The second-order valence-electron chi connectivity index (χ2n) is 5.02. The monoisotopic (exact) mass is 304 g/mol. The summed E-state index contributed by atoms with van der Waals surface area (Å²) in [4.78, 5) is 13.3. The Hall–Kier alpha value is -2.25. The van der Waals surface area contributed by atoms with Crippen molar-refractivity contribution in [2.24, 2.45) is 0 Å². The Kier molecular flexibility index (Phi) is 5.24. The van der Waals surface area contributed by atoms with Crippen LogP contribution in [0.2, 0.25) is 0 Å². The Morgan fingerprint density at radius 1 is 1.32 bits per heavy atom. The van der Waals surface area contributed by atoms with E-state index in [2.05, 4.69) is 22.4 Å². The molecule has 3 N–H and O–H groups in total. The number of aromatic nitrogens is 3. The van der Waals surface area contributed by atoms with Crippen molar-refractivity contribution in [2.45, 2.75) is 33.0 Å². The topological polar surface area (TPSA) is 100 Å². The molecule has 0 fully saturated rings. The van der Waals surface area contributed by atoms with E-state index in [4.69, 9.17) is 0 Å². The molecular weight excluding hydrogens is 284 g/mol. The Balaban J connectivity index is 2.25. The van der Waals surface area contributed by atoms with Gasteiger partial charge in [0.1, 0.15) is 5.69 Å². The molecule has 1 aromatic carbocycles. The minimum Gasteiger partial charge on any atom is -0.392 e. The third-order valence-corrected chi connectivity index (χ3v) is 3.18. The third-order valence-electron chi connectivity index (χ3n) is 3.18. The van der Waals surface area contributed by atoms with Gasteiger partial charge in [0.15, 0.2) is 5.69 Å². The Bertz CT molecular complexity index is 635. The number of nitrogens with zero attached hydrogens (tertiary/aromatic N) is 3. The van der Waals surface area contributed by atoms with E-state index in [1.165, 1.54) is 10.4 Å². The van der Waals surface area contributed by atoms with Gasteiger partial charge in [0.25, 0.3) is 5.91 Å². The second kappa shape index (κ2) is 7.15. The van der Waals surface area contributed by atoms with Crippen LogP contribution in [0.15, 0.2) is 24.3 Å². The van der Waals surface area contributed by atoms with Crippen LogP contribution in [0.3, 0.4) is 0 Å². The minimum atomic E-state index is -0.654. The van der Waals surface area contributed by atoms with Crippen LogP contribution in [0.5, 0.6) is 0 Å². The van der Waals surface area contributed by atoms with Crippen LogP contribution in [0.1, 0.15) is 35.6 Å². The Morgan fingerprint density at radius 3 is 2.55 bits per heavy atom. The third kappa shape index (κ3) is 3.69. The van der Waals surface area contributed by atoms with E-state index in [1.54, 1.807) is 6.92 Å². The summed E-state index contributed by atoms with van der Waals surface area (Å²) >= 11 is 0. The number of aliphatic hydroxyl groups excluding tert-OH is 2. The predicted molar refractivity (Wildman–Crippen MR) is 80.7 cm³/mol. The van der Waals surface area contributed by atoms with Crippen LogP contribution in [-0.4, -0.2) is 43.8 Å². The maximum absolute atomic E-state index is 12.0. The smallest absolute Gasteiger partial charge is 0.273 e. The zero-order valence-corrected chi connectivity index (χ0v) is 12.7. The van der Waals surface area contributed by atoms with Gasteiger partial charge in [-0.2, -0.15) is 4.80 Å². The zero-order valence-electron chi connectivity index (χ0n) is 12.7. The lowest BCUT2D eigenvalue weighted by Crippen LogP contribution is -2.31. The average Bonchev–Trinajstić information content (AvgIpc) is 2.97. The molecule has 7 nitrogen and oxygen atoms in total. The van der Waals surface area contributed by atoms with Crippen molar-refractivity contribution in [1.82, 2.24) is 20.3 Å². The molecule has 1 amide bonds. The summed E-state index contributed by atoms with van der Waals surface area (Å²) in [5.41, 5.74) is 2.15. The number of carbonyl (C=O) groups is 1. The van der Waals surface area contributed by atoms with Gasteiger partial charge in [0, 0.05) is 6.54 Å². The number of hydrogen-bond acceptors (Lipinski definition) is 5. The van der Waals surface area contributed by atoms with Gasteiger partial charge in [-0.3, -0.25) is 4.79 Å². The van der Waals surface area contributed by atoms with Crippen LogP contribution in [0.25, 0.3) is 5.69 Å². The highest BCUT2D eigenvalue weighted by Gasteiger charge is 2.18. The van der Waals surface area contributed by atoms with Gasteiger partial charge in [0.2, 0.25) is 0 Å². The van der Waals surface area contributed by atoms with Gasteiger partial charge in [-0.1, -0.05) is 19.1 Å². The number of hydrogen-bond donors (Lipinski definition) is 3. The molecule has 0 saturated carbocycles. The quantitative estimate of drug-likeness (QED) is 0.718. The molecule has 1 heterocycles. The van der Waals surface area contributed by atoms with Crippen molar-refractivity contribution in [3.63, 3.8) is 0 Å². The maximum atomic E-state index is 12.0. The summed E-state index contributed by atoms with van der Waals surface area (Å²) in [6.07, 6.45) is 0.278. The summed E-state index contributed by atoms with van der Waals surface area (Å²) in [7, 11) is 0. The van der Waals surface area contributed by atoms with Gasteiger partial charge >= 0.3 is 0 Å². The molecule has 1 unspecified atom stereocenters.